The standard InChI is InChI=1S/C26H37ClN2O2/c1-25(2,3)31-24(30)29-8-4-5-21(16-29)28-23-7-6-20(12-22(23)27)26-13-17-9-18(14-26)11-19(10-17)15-26/h6-7,12,17-19,21,28H,4-5,8-11,13-16H2,1-3H3. The maximum Gasteiger partial charge on any atom is 0.410 e. The van der Waals surface area contributed by atoms with Crippen LogP contribution in [0.25, 0.3) is 0 Å². The van der Waals surface area contributed by atoms with Crippen LogP contribution in [0.4, 0.5) is 10.5 Å². The zero-order chi connectivity index (χ0) is 21.8. The summed E-state index contributed by atoms with van der Waals surface area (Å²) in [5.41, 5.74) is 2.36. The van der Waals surface area contributed by atoms with E-state index < -0.39 is 5.60 Å². The van der Waals surface area contributed by atoms with Crippen molar-refractivity contribution in [3.63, 3.8) is 0 Å². The number of carbonyl (C=O) groups excluding carboxylic acids is 1. The van der Waals surface area contributed by atoms with Gasteiger partial charge in [0.05, 0.1) is 10.7 Å². The van der Waals surface area contributed by atoms with E-state index in [1.807, 2.05) is 25.7 Å². The van der Waals surface area contributed by atoms with Gasteiger partial charge in [0.2, 0.25) is 0 Å². The number of nitrogens with zero attached hydrogens (tertiary/aromatic N) is 1. The molecule has 4 aliphatic carbocycles. The minimum absolute atomic E-state index is 0.198. The first kappa shape index (κ1) is 21.4. The summed E-state index contributed by atoms with van der Waals surface area (Å²) in [4.78, 5) is 14.3. The van der Waals surface area contributed by atoms with E-state index in [0.717, 1.165) is 47.9 Å². The van der Waals surface area contributed by atoms with Gasteiger partial charge in [0.1, 0.15) is 5.60 Å². The Morgan fingerprint density at radius 1 is 1.13 bits per heavy atom. The molecule has 1 N–H and O–H groups in total. The Morgan fingerprint density at radius 2 is 1.77 bits per heavy atom. The highest BCUT2D eigenvalue weighted by Gasteiger charge is 2.51. The van der Waals surface area contributed by atoms with Crippen LogP contribution in [-0.2, 0) is 10.2 Å². The highest BCUT2D eigenvalue weighted by molar-refractivity contribution is 6.33. The number of benzene rings is 1. The van der Waals surface area contributed by atoms with E-state index in [0.29, 0.717) is 12.0 Å². The highest BCUT2D eigenvalue weighted by atomic mass is 35.5. The second-order valence-electron chi connectivity index (χ2n) is 11.8. The average Bonchev–Trinajstić information content (AvgIpc) is 2.67. The molecular weight excluding hydrogens is 408 g/mol. The molecule has 1 amide bonds. The molecule has 1 saturated heterocycles. The minimum Gasteiger partial charge on any atom is -0.444 e. The molecule has 1 heterocycles. The smallest absolute Gasteiger partial charge is 0.410 e. The Bertz CT molecular complexity index is 811. The molecule has 170 valence electrons. The van der Waals surface area contributed by atoms with Crippen LogP contribution >= 0.6 is 11.6 Å². The van der Waals surface area contributed by atoms with Gasteiger partial charge in [0.25, 0.3) is 0 Å². The van der Waals surface area contributed by atoms with Gasteiger partial charge in [0.15, 0.2) is 0 Å². The zero-order valence-electron chi connectivity index (χ0n) is 19.3. The summed E-state index contributed by atoms with van der Waals surface area (Å²) in [5.74, 6) is 2.80. The molecule has 6 rings (SSSR count). The summed E-state index contributed by atoms with van der Waals surface area (Å²) in [6, 6.07) is 6.95. The van der Waals surface area contributed by atoms with Gasteiger partial charge in [-0.1, -0.05) is 17.7 Å². The lowest BCUT2D eigenvalue weighted by Gasteiger charge is -2.57. The van der Waals surface area contributed by atoms with Crippen molar-refractivity contribution in [1.29, 1.82) is 0 Å². The van der Waals surface area contributed by atoms with E-state index in [9.17, 15) is 4.79 Å². The van der Waals surface area contributed by atoms with E-state index in [2.05, 4.69) is 23.5 Å². The van der Waals surface area contributed by atoms with Gasteiger partial charge in [-0.3, -0.25) is 0 Å². The largest absolute Gasteiger partial charge is 0.444 e. The summed E-state index contributed by atoms with van der Waals surface area (Å²) in [7, 11) is 0. The number of piperidine rings is 1. The Morgan fingerprint density at radius 3 is 2.35 bits per heavy atom. The molecule has 1 atom stereocenters. The van der Waals surface area contributed by atoms with Crippen LogP contribution in [0.1, 0.15) is 77.7 Å². The highest BCUT2D eigenvalue weighted by Crippen LogP contribution is 2.61. The SMILES string of the molecule is CC(C)(C)OC(=O)N1CCCC(Nc2ccc(C34CC5CC(CC(C5)C3)C4)cc2Cl)C1. The van der Waals surface area contributed by atoms with Gasteiger partial charge in [-0.25, -0.2) is 4.79 Å². The third-order valence-corrected chi connectivity index (χ3v) is 8.37. The molecule has 4 nitrogen and oxygen atoms in total. The maximum atomic E-state index is 12.5. The molecule has 1 aliphatic heterocycles. The van der Waals surface area contributed by atoms with Crippen molar-refractivity contribution < 1.29 is 9.53 Å². The second kappa shape index (κ2) is 7.86. The molecule has 4 saturated carbocycles. The average molecular weight is 445 g/mol. The number of hydrogen-bond acceptors (Lipinski definition) is 3. The monoisotopic (exact) mass is 444 g/mol. The molecule has 1 unspecified atom stereocenters. The minimum atomic E-state index is -0.464. The van der Waals surface area contributed by atoms with Crippen LogP contribution in [0.3, 0.4) is 0 Å². The Labute approximate surface area is 192 Å². The first-order valence-electron chi connectivity index (χ1n) is 12.2. The first-order valence-corrected chi connectivity index (χ1v) is 12.6. The lowest BCUT2D eigenvalue weighted by Crippen LogP contribution is -2.48. The molecule has 0 radical (unpaired) electrons. The number of amides is 1. The molecule has 31 heavy (non-hydrogen) atoms. The summed E-state index contributed by atoms with van der Waals surface area (Å²) < 4.78 is 5.57. The number of rotatable bonds is 3. The van der Waals surface area contributed by atoms with Gasteiger partial charge in [-0.05, 0) is 113 Å². The number of carbonyl (C=O) groups is 1. The topological polar surface area (TPSA) is 41.6 Å². The molecule has 0 aromatic heterocycles. The predicted molar refractivity (Wildman–Crippen MR) is 126 cm³/mol. The fourth-order valence-electron chi connectivity index (χ4n) is 7.23. The van der Waals surface area contributed by atoms with Crippen LogP contribution in [0.2, 0.25) is 5.02 Å². The van der Waals surface area contributed by atoms with Crippen LogP contribution in [0.15, 0.2) is 18.2 Å². The lowest BCUT2D eigenvalue weighted by molar-refractivity contribution is -0.00518. The fourth-order valence-corrected chi connectivity index (χ4v) is 7.47. The van der Waals surface area contributed by atoms with Gasteiger partial charge in [-0.2, -0.15) is 0 Å². The number of anilines is 1. The van der Waals surface area contributed by atoms with E-state index >= 15 is 0 Å². The van der Waals surface area contributed by atoms with E-state index in [1.165, 1.54) is 44.1 Å². The van der Waals surface area contributed by atoms with E-state index in [1.54, 1.807) is 0 Å². The third kappa shape index (κ3) is 4.42. The van der Waals surface area contributed by atoms with Crippen LogP contribution in [0, 0.1) is 17.8 Å². The normalized spacial score (nSPS) is 34.6. The molecule has 4 bridgehead atoms. The van der Waals surface area contributed by atoms with Gasteiger partial charge < -0.3 is 15.0 Å². The first-order chi connectivity index (χ1) is 14.7. The van der Waals surface area contributed by atoms with Crippen molar-refractivity contribution >= 4 is 23.4 Å². The summed E-state index contributed by atoms with van der Waals surface area (Å²) >= 11 is 6.81. The van der Waals surface area contributed by atoms with Crippen molar-refractivity contribution in [3.05, 3.63) is 28.8 Å². The van der Waals surface area contributed by atoms with Crippen molar-refractivity contribution in [2.45, 2.75) is 89.2 Å². The Kier molecular flexibility index (Phi) is 5.44. The van der Waals surface area contributed by atoms with E-state index in [4.69, 9.17) is 16.3 Å². The van der Waals surface area contributed by atoms with E-state index in [-0.39, 0.29) is 12.1 Å². The molecule has 1 aromatic carbocycles. The summed E-state index contributed by atoms with van der Waals surface area (Å²) in [6.07, 6.45) is 10.2. The van der Waals surface area contributed by atoms with Crippen LogP contribution < -0.4 is 5.32 Å². The summed E-state index contributed by atoms with van der Waals surface area (Å²) in [5, 5.41) is 4.44. The van der Waals surface area contributed by atoms with Crippen molar-refractivity contribution in [2.75, 3.05) is 18.4 Å². The number of ether oxygens (including phenoxy) is 1. The van der Waals surface area contributed by atoms with Gasteiger partial charge in [0, 0.05) is 19.1 Å². The lowest BCUT2D eigenvalue weighted by atomic mass is 9.48. The van der Waals surface area contributed by atoms with Crippen LogP contribution in [0.5, 0.6) is 0 Å². The maximum absolute atomic E-state index is 12.5. The summed E-state index contributed by atoms with van der Waals surface area (Å²) in [6.45, 7) is 7.15. The number of hydrogen-bond donors (Lipinski definition) is 1. The van der Waals surface area contributed by atoms with Crippen LogP contribution in [-0.4, -0.2) is 35.7 Å². The predicted octanol–water partition coefficient (Wildman–Crippen LogP) is 6.62. The second-order valence-corrected chi connectivity index (χ2v) is 12.2. The fraction of sp³-hybridized carbons (Fsp3) is 0.731. The zero-order valence-corrected chi connectivity index (χ0v) is 20.0. The van der Waals surface area contributed by atoms with Crippen molar-refractivity contribution in [3.8, 4) is 0 Å². The van der Waals surface area contributed by atoms with Crippen molar-refractivity contribution in [1.82, 2.24) is 4.90 Å². The molecular formula is C26H37ClN2O2. The Balaban J connectivity index is 1.26. The number of nitrogens with one attached hydrogen (secondary N) is 1. The Hall–Kier alpha value is -1.42. The molecule has 5 heteroatoms. The quantitative estimate of drug-likeness (QED) is 0.569. The molecule has 5 aliphatic rings. The molecule has 5 fully saturated rings. The third-order valence-electron chi connectivity index (χ3n) is 8.05. The van der Waals surface area contributed by atoms with Crippen molar-refractivity contribution in [2.24, 2.45) is 17.8 Å². The number of halogens is 1. The molecule has 1 aromatic rings. The van der Waals surface area contributed by atoms with Gasteiger partial charge in [-0.15, -0.1) is 0 Å². The van der Waals surface area contributed by atoms with Gasteiger partial charge >= 0.3 is 6.09 Å². The molecule has 0 spiro atoms. The number of likely N-dealkylation sites (tertiary alicyclic amines) is 1.